The number of hydrogen-bond donors (Lipinski definition) is 0. The Bertz CT molecular complexity index is 218. The first kappa shape index (κ1) is 8.50. The SMILES string of the molecule is COC1C=CC(C(=O)Cl)=CC1. The maximum Gasteiger partial charge on any atom is 0.252 e. The van der Waals surface area contributed by atoms with Crippen LogP contribution in [0, 0.1) is 0 Å². The summed E-state index contributed by atoms with van der Waals surface area (Å²) >= 11 is 5.25. The lowest BCUT2D eigenvalue weighted by Gasteiger charge is -2.11. The molecular weight excluding hydrogens is 164 g/mol. The first-order valence-corrected chi connectivity index (χ1v) is 3.73. The highest BCUT2D eigenvalue weighted by atomic mass is 35.5. The monoisotopic (exact) mass is 172 g/mol. The molecule has 0 N–H and O–H groups in total. The molecule has 1 atom stereocenters. The van der Waals surface area contributed by atoms with Gasteiger partial charge in [0, 0.05) is 12.7 Å². The molecule has 0 fully saturated rings. The molecule has 1 aliphatic rings. The number of rotatable bonds is 2. The lowest BCUT2D eigenvalue weighted by atomic mass is 10.1. The minimum Gasteiger partial charge on any atom is -0.377 e. The van der Waals surface area contributed by atoms with Gasteiger partial charge < -0.3 is 4.74 Å². The number of hydrogen-bond acceptors (Lipinski definition) is 2. The largest absolute Gasteiger partial charge is 0.377 e. The second-order valence-electron chi connectivity index (χ2n) is 2.30. The molecule has 3 heteroatoms. The van der Waals surface area contributed by atoms with Crippen LogP contribution >= 0.6 is 11.6 Å². The van der Waals surface area contributed by atoms with E-state index in [0.29, 0.717) is 5.57 Å². The standard InChI is InChI=1S/C8H9ClO2/c1-11-7-4-2-6(3-5-7)8(9)10/h2-4,7H,5H2,1H3. The number of carbonyl (C=O) groups is 1. The third-order valence-electron chi connectivity index (χ3n) is 1.59. The molecule has 0 aromatic carbocycles. The lowest BCUT2D eigenvalue weighted by molar-refractivity contribution is -0.108. The Morgan fingerprint density at radius 3 is 2.91 bits per heavy atom. The topological polar surface area (TPSA) is 26.3 Å². The second-order valence-corrected chi connectivity index (χ2v) is 2.65. The van der Waals surface area contributed by atoms with Gasteiger partial charge in [-0.15, -0.1) is 0 Å². The first-order valence-electron chi connectivity index (χ1n) is 3.35. The van der Waals surface area contributed by atoms with Crippen LogP contribution in [0.2, 0.25) is 0 Å². The number of halogens is 1. The van der Waals surface area contributed by atoms with Crippen LogP contribution < -0.4 is 0 Å². The molecule has 1 unspecified atom stereocenters. The normalized spacial score (nSPS) is 23.1. The molecule has 0 amide bonds. The highest BCUT2D eigenvalue weighted by molar-refractivity contribution is 6.68. The minimum atomic E-state index is -0.407. The molecule has 0 aromatic rings. The van der Waals surface area contributed by atoms with Gasteiger partial charge in [0.2, 0.25) is 0 Å². The second kappa shape index (κ2) is 3.69. The van der Waals surface area contributed by atoms with Gasteiger partial charge in [-0.05, 0) is 18.0 Å². The van der Waals surface area contributed by atoms with Crippen LogP contribution in [0.25, 0.3) is 0 Å². The molecule has 60 valence electrons. The molecule has 0 radical (unpaired) electrons. The third kappa shape index (κ3) is 2.17. The van der Waals surface area contributed by atoms with Crippen molar-refractivity contribution in [2.24, 2.45) is 0 Å². The van der Waals surface area contributed by atoms with Crippen LogP contribution in [-0.2, 0) is 9.53 Å². The smallest absolute Gasteiger partial charge is 0.252 e. The zero-order chi connectivity index (χ0) is 8.27. The van der Waals surface area contributed by atoms with Gasteiger partial charge in [-0.1, -0.05) is 18.2 Å². The highest BCUT2D eigenvalue weighted by Gasteiger charge is 2.10. The van der Waals surface area contributed by atoms with E-state index in [0.717, 1.165) is 6.42 Å². The van der Waals surface area contributed by atoms with E-state index in [4.69, 9.17) is 16.3 Å². The van der Waals surface area contributed by atoms with E-state index >= 15 is 0 Å². The zero-order valence-corrected chi connectivity index (χ0v) is 6.97. The zero-order valence-electron chi connectivity index (χ0n) is 6.21. The van der Waals surface area contributed by atoms with Gasteiger partial charge in [0.25, 0.3) is 5.24 Å². The molecular formula is C8H9ClO2. The van der Waals surface area contributed by atoms with Gasteiger partial charge >= 0.3 is 0 Å². The summed E-state index contributed by atoms with van der Waals surface area (Å²) in [6.45, 7) is 0. The fourth-order valence-corrected chi connectivity index (χ4v) is 1.06. The van der Waals surface area contributed by atoms with E-state index in [-0.39, 0.29) is 6.10 Å². The summed E-state index contributed by atoms with van der Waals surface area (Å²) in [6, 6.07) is 0. The van der Waals surface area contributed by atoms with Gasteiger partial charge in [-0.2, -0.15) is 0 Å². The highest BCUT2D eigenvalue weighted by Crippen LogP contribution is 2.14. The Hall–Kier alpha value is -0.600. The van der Waals surface area contributed by atoms with E-state index < -0.39 is 5.24 Å². The predicted molar refractivity (Wildman–Crippen MR) is 43.5 cm³/mol. The minimum absolute atomic E-state index is 0.0924. The van der Waals surface area contributed by atoms with Crippen LogP contribution in [0.3, 0.4) is 0 Å². The molecule has 11 heavy (non-hydrogen) atoms. The van der Waals surface area contributed by atoms with Crippen LogP contribution in [0.1, 0.15) is 6.42 Å². The average molecular weight is 173 g/mol. The van der Waals surface area contributed by atoms with Crippen LogP contribution in [-0.4, -0.2) is 18.5 Å². The van der Waals surface area contributed by atoms with Crippen LogP contribution in [0.5, 0.6) is 0 Å². The Balaban J connectivity index is 2.60. The third-order valence-corrected chi connectivity index (χ3v) is 1.81. The summed E-state index contributed by atoms with van der Waals surface area (Å²) in [5.74, 6) is 0. The molecule has 2 nitrogen and oxygen atoms in total. The summed E-state index contributed by atoms with van der Waals surface area (Å²) in [6.07, 6.45) is 6.11. The molecule has 0 heterocycles. The van der Waals surface area contributed by atoms with E-state index in [9.17, 15) is 4.79 Å². The van der Waals surface area contributed by atoms with Gasteiger partial charge in [0.05, 0.1) is 6.10 Å². The molecule has 0 bridgehead atoms. The van der Waals surface area contributed by atoms with E-state index in [1.54, 1.807) is 19.3 Å². The van der Waals surface area contributed by atoms with E-state index in [1.807, 2.05) is 6.08 Å². The van der Waals surface area contributed by atoms with Gasteiger partial charge in [0.15, 0.2) is 0 Å². The molecule has 0 aromatic heterocycles. The Morgan fingerprint density at radius 1 is 1.82 bits per heavy atom. The number of carbonyl (C=O) groups excluding carboxylic acids is 1. The van der Waals surface area contributed by atoms with Crippen molar-refractivity contribution in [3.05, 3.63) is 23.8 Å². The Morgan fingerprint density at radius 2 is 2.55 bits per heavy atom. The number of allylic oxidation sites excluding steroid dienone is 2. The molecule has 0 saturated heterocycles. The molecule has 0 saturated carbocycles. The predicted octanol–water partition coefficient (Wildman–Crippen LogP) is 1.65. The van der Waals surface area contributed by atoms with Crippen molar-refractivity contribution in [1.82, 2.24) is 0 Å². The van der Waals surface area contributed by atoms with Crippen molar-refractivity contribution >= 4 is 16.8 Å². The van der Waals surface area contributed by atoms with Crippen molar-refractivity contribution in [3.8, 4) is 0 Å². The lowest BCUT2D eigenvalue weighted by Crippen LogP contribution is -2.09. The molecule has 1 rings (SSSR count). The molecule has 0 aliphatic heterocycles. The van der Waals surface area contributed by atoms with E-state index in [2.05, 4.69) is 0 Å². The first-order chi connectivity index (χ1) is 5.24. The summed E-state index contributed by atoms with van der Waals surface area (Å²) in [7, 11) is 1.64. The average Bonchev–Trinajstić information content (AvgIpc) is 2.05. The van der Waals surface area contributed by atoms with Crippen molar-refractivity contribution < 1.29 is 9.53 Å². The molecule has 0 spiro atoms. The maximum absolute atomic E-state index is 10.6. The van der Waals surface area contributed by atoms with Gasteiger partial charge in [-0.3, -0.25) is 4.79 Å². The quantitative estimate of drug-likeness (QED) is 0.593. The van der Waals surface area contributed by atoms with Crippen molar-refractivity contribution in [3.63, 3.8) is 0 Å². The summed E-state index contributed by atoms with van der Waals surface area (Å²) in [5, 5.41) is -0.407. The number of ether oxygens (including phenoxy) is 1. The van der Waals surface area contributed by atoms with Crippen molar-refractivity contribution in [2.75, 3.05) is 7.11 Å². The van der Waals surface area contributed by atoms with Crippen molar-refractivity contribution in [2.45, 2.75) is 12.5 Å². The molecule has 1 aliphatic carbocycles. The number of methoxy groups -OCH3 is 1. The van der Waals surface area contributed by atoms with Crippen molar-refractivity contribution in [1.29, 1.82) is 0 Å². The van der Waals surface area contributed by atoms with Crippen LogP contribution in [0.4, 0.5) is 0 Å². The van der Waals surface area contributed by atoms with Gasteiger partial charge in [0.1, 0.15) is 0 Å². The Labute approximate surface area is 70.5 Å². The van der Waals surface area contributed by atoms with Crippen LogP contribution in [0.15, 0.2) is 23.8 Å². The summed E-state index contributed by atoms with van der Waals surface area (Å²) in [5.41, 5.74) is 0.556. The Kier molecular flexibility index (Phi) is 2.85. The maximum atomic E-state index is 10.6. The fourth-order valence-electron chi connectivity index (χ4n) is 0.921. The fraction of sp³-hybridized carbons (Fsp3) is 0.375. The summed E-state index contributed by atoms with van der Waals surface area (Å²) in [4.78, 5) is 10.6. The summed E-state index contributed by atoms with van der Waals surface area (Å²) < 4.78 is 5.03. The van der Waals surface area contributed by atoms with Gasteiger partial charge in [-0.25, -0.2) is 0 Å². The van der Waals surface area contributed by atoms with E-state index in [1.165, 1.54) is 0 Å².